The third kappa shape index (κ3) is 4.63. The van der Waals surface area contributed by atoms with Crippen molar-refractivity contribution in [1.82, 2.24) is 0 Å². The highest BCUT2D eigenvalue weighted by atomic mass is 79.9. The lowest BCUT2D eigenvalue weighted by atomic mass is 10.4. The third-order valence-corrected chi connectivity index (χ3v) is 2.60. The molecule has 0 atom stereocenters. The van der Waals surface area contributed by atoms with E-state index in [-0.39, 0.29) is 15.9 Å². The van der Waals surface area contributed by atoms with Crippen LogP contribution in [0.3, 0.4) is 0 Å². The first kappa shape index (κ1) is 9.14. The van der Waals surface area contributed by atoms with Crippen molar-refractivity contribution in [3.63, 3.8) is 0 Å². The van der Waals surface area contributed by atoms with Crippen LogP contribution in [0.15, 0.2) is 25.3 Å². The third-order valence-electron chi connectivity index (χ3n) is 0.852. The van der Waals surface area contributed by atoms with Crippen LogP contribution in [0.4, 0.5) is 0 Å². The Kier molecular flexibility index (Phi) is 6.35. The Labute approximate surface area is 66.9 Å². The molecule has 0 aliphatic rings. The van der Waals surface area contributed by atoms with Crippen molar-refractivity contribution in [2.75, 3.05) is 4.95 Å². The molecule has 0 aromatic carbocycles. The normalized spacial score (nSPS) is 10.9. The summed E-state index contributed by atoms with van der Waals surface area (Å²) in [5, 5.41) is 0. The lowest BCUT2D eigenvalue weighted by molar-refractivity contribution is 0.317. The van der Waals surface area contributed by atoms with Gasteiger partial charge in [0.25, 0.3) is 0 Å². The molecule has 0 fully saturated rings. The Morgan fingerprint density at radius 1 is 1.56 bits per heavy atom. The van der Waals surface area contributed by atoms with E-state index in [1.165, 1.54) is 0 Å². The Balaban J connectivity index is 3.30. The molecule has 0 bridgehead atoms. The smallest absolute Gasteiger partial charge is 0.173 e. The average Bonchev–Trinajstić information content (AvgIpc) is 1.91. The highest BCUT2D eigenvalue weighted by Gasteiger charge is 1.94. The number of hydrogen-bond acceptors (Lipinski definition) is 1. The second kappa shape index (κ2) is 6.26. The van der Waals surface area contributed by atoms with Gasteiger partial charge in [-0.15, -0.1) is 13.2 Å². The van der Waals surface area contributed by atoms with Crippen molar-refractivity contribution in [3.05, 3.63) is 25.3 Å². The molecule has 9 heavy (non-hydrogen) atoms. The Hall–Kier alpha value is 0.137. The van der Waals surface area contributed by atoms with Crippen LogP contribution in [-0.4, -0.2) is 20.8 Å². The van der Waals surface area contributed by atoms with Gasteiger partial charge in [0.2, 0.25) is 0 Å². The maximum atomic E-state index is 5.35. The maximum Gasteiger partial charge on any atom is 0.173 e. The summed E-state index contributed by atoms with van der Waals surface area (Å²) in [6, 6.07) is 0. The second-order valence-electron chi connectivity index (χ2n) is 1.50. The van der Waals surface area contributed by atoms with Crippen molar-refractivity contribution in [2.45, 2.75) is 6.10 Å². The van der Waals surface area contributed by atoms with Crippen LogP contribution in [-0.2, 0) is 4.43 Å². The molecule has 1 nitrogen and oxygen atoms in total. The second-order valence-corrected chi connectivity index (χ2v) is 4.99. The molecule has 0 aliphatic carbocycles. The van der Waals surface area contributed by atoms with E-state index in [9.17, 15) is 0 Å². The van der Waals surface area contributed by atoms with Gasteiger partial charge in [-0.3, -0.25) is 0 Å². The van der Waals surface area contributed by atoms with E-state index in [4.69, 9.17) is 4.43 Å². The van der Waals surface area contributed by atoms with Crippen molar-refractivity contribution in [2.24, 2.45) is 0 Å². The largest absolute Gasteiger partial charge is 0.413 e. The summed E-state index contributed by atoms with van der Waals surface area (Å²) in [5.74, 6) is 0. The molecule has 0 saturated heterocycles. The molecule has 0 spiro atoms. The molecule has 0 amide bonds. The molecular formula is C6H11BrOSi. The molecule has 0 radical (unpaired) electrons. The molecule has 0 aromatic rings. The highest BCUT2D eigenvalue weighted by Crippen LogP contribution is 1.92. The summed E-state index contributed by atoms with van der Waals surface area (Å²) < 4.78 is 5.35. The van der Waals surface area contributed by atoms with Gasteiger partial charge in [0.1, 0.15) is 0 Å². The number of halogens is 1. The standard InChI is InChI=1S/C6H11BrOSi/c1-3-6(4-2)8-9-5-7/h3-4,6H,1-2,5,9H2. The Morgan fingerprint density at radius 3 is 2.44 bits per heavy atom. The van der Waals surface area contributed by atoms with Crippen LogP contribution >= 0.6 is 15.9 Å². The first-order chi connectivity index (χ1) is 4.35. The van der Waals surface area contributed by atoms with Crippen LogP contribution in [0.1, 0.15) is 0 Å². The summed E-state index contributed by atoms with van der Waals surface area (Å²) in [6.07, 6.45) is 3.57. The highest BCUT2D eigenvalue weighted by molar-refractivity contribution is 9.09. The quantitative estimate of drug-likeness (QED) is 0.373. The summed E-state index contributed by atoms with van der Waals surface area (Å²) in [5.41, 5.74) is 0. The van der Waals surface area contributed by atoms with Crippen LogP contribution < -0.4 is 0 Å². The van der Waals surface area contributed by atoms with E-state index in [1.54, 1.807) is 12.2 Å². The molecule has 3 heteroatoms. The van der Waals surface area contributed by atoms with E-state index in [2.05, 4.69) is 29.1 Å². The minimum atomic E-state index is -0.374. The molecule has 0 saturated carbocycles. The van der Waals surface area contributed by atoms with E-state index >= 15 is 0 Å². The van der Waals surface area contributed by atoms with Gasteiger partial charge in [0.15, 0.2) is 9.76 Å². The number of alkyl halides is 1. The van der Waals surface area contributed by atoms with Crippen molar-refractivity contribution >= 4 is 25.7 Å². The molecule has 0 N–H and O–H groups in total. The Morgan fingerprint density at radius 2 is 2.11 bits per heavy atom. The first-order valence-corrected chi connectivity index (χ1v) is 5.47. The monoisotopic (exact) mass is 206 g/mol. The molecule has 52 valence electrons. The number of rotatable bonds is 5. The summed E-state index contributed by atoms with van der Waals surface area (Å²) in [4.78, 5) is 0.991. The van der Waals surface area contributed by atoms with Gasteiger partial charge in [-0.05, 0) is 0 Å². The lowest BCUT2D eigenvalue weighted by Crippen LogP contribution is -2.10. The Bertz CT molecular complexity index is 87.1. The zero-order chi connectivity index (χ0) is 7.11. The van der Waals surface area contributed by atoms with Gasteiger partial charge >= 0.3 is 0 Å². The van der Waals surface area contributed by atoms with Crippen LogP contribution in [0.2, 0.25) is 0 Å². The zero-order valence-corrected chi connectivity index (χ0v) is 8.35. The van der Waals surface area contributed by atoms with Crippen LogP contribution in [0.5, 0.6) is 0 Å². The van der Waals surface area contributed by atoms with E-state index < -0.39 is 0 Å². The summed E-state index contributed by atoms with van der Waals surface area (Å²) in [7, 11) is -0.374. The fraction of sp³-hybridized carbons (Fsp3) is 0.333. The van der Waals surface area contributed by atoms with Gasteiger partial charge in [-0.1, -0.05) is 28.1 Å². The summed E-state index contributed by atoms with van der Waals surface area (Å²) >= 11 is 3.30. The van der Waals surface area contributed by atoms with Gasteiger partial charge < -0.3 is 4.43 Å². The molecule has 0 heterocycles. The SMILES string of the molecule is C=CC(C=C)O[SiH2]CBr. The zero-order valence-electron chi connectivity index (χ0n) is 5.35. The fourth-order valence-electron chi connectivity index (χ4n) is 0.413. The summed E-state index contributed by atoms with van der Waals surface area (Å²) in [6.45, 7) is 7.19. The first-order valence-electron chi connectivity index (χ1n) is 2.77. The predicted octanol–water partition coefficient (Wildman–Crippen LogP) is 1.18. The van der Waals surface area contributed by atoms with Gasteiger partial charge in [-0.25, -0.2) is 0 Å². The molecule has 0 unspecified atom stereocenters. The van der Waals surface area contributed by atoms with Crippen molar-refractivity contribution < 1.29 is 4.43 Å². The maximum absolute atomic E-state index is 5.35. The van der Waals surface area contributed by atoms with Crippen molar-refractivity contribution in [1.29, 1.82) is 0 Å². The minimum absolute atomic E-state index is 0.0641. The predicted molar refractivity (Wildman–Crippen MR) is 47.6 cm³/mol. The van der Waals surface area contributed by atoms with Crippen LogP contribution in [0, 0.1) is 0 Å². The molecule has 0 aromatic heterocycles. The fourth-order valence-corrected chi connectivity index (χ4v) is 1.61. The topological polar surface area (TPSA) is 9.23 Å². The molecular weight excluding hydrogens is 196 g/mol. The van der Waals surface area contributed by atoms with Gasteiger partial charge in [0.05, 0.1) is 6.10 Å². The minimum Gasteiger partial charge on any atom is -0.413 e. The number of hydrogen-bond donors (Lipinski definition) is 0. The molecule has 0 aliphatic heterocycles. The lowest BCUT2D eigenvalue weighted by Gasteiger charge is -2.05. The van der Waals surface area contributed by atoms with Crippen molar-refractivity contribution in [3.8, 4) is 0 Å². The van der Waals surface area contributed by atoms with Gasteiger partial charge in [0, 0.05) is 4.95 Å². The van der Waals surface area contributed by atoms with E-state index in [0.717, 1.165) is 4.95 Å². The van der Waals surface area contributed by atoms with E-state index in [0.29, 0.717) is 0 Å². The molecule has 0 rings (SSSR count). The van der Waals surface area contributed by atoms with E-state index in [1.807, 2.05) is 0 Å². The van der Waals surface area contributed by atoms with Crippen LogP contribution in [0.25, 0.3) is 0 Å². The van der Waals surface area contributed by atoms with Gasteiger partial charge in [-0.2, -0.15) is 0 Å². The average molecular weight is 207 g/mol.